The van der Waals surface area contributed by atoms with Crippen LogP contribution in [0.3, 0.4) is 0 Å². The van der Waals surface area contributed by atoms with Crippen LogP contribution in [0.4, 0.5) is 5.69 Å². The van der Waals surface area contributed by atoms with E-state index in [1.165, 1.54) is 0 Å². The largest absolute Gasteiger partial charge is 0.454 e. The number of hydrogen-bond acceptors (Lipinski definition) is 5. The van der Waals surface area contributed by atoms with Crippen molar-refractivity contribution in [1.82, 2.24) is 4.98 Å². The molecule has 25 heavy (non-hydrogen) atoms. The van der Waals surface area contributed by atoms with Crippen molar-refractivity contribution < 1.29 is 13.9 Å². The quantitative estimate of drug-likeness (QED) is 0.679. The minimum Gasteiger partial charge on any atom is -0.454 e. The van der Waals surface area contributed by atoms with Gasteiger partial charge >= 0.3 is 0 Å². The smallest absolute Gasteiger partial charge is 0.170 e. The second-order valence-corrected chi connectivity index (χ2v) is 6.53. The molecule has 1 fully saturated rings. The average Bonchev–Trinajstić information content (AvgIpc) is 3.04. The van der Waals surface area contributed by atoms with Crippen molar-refractivity contribution in [3.63, 3.8) is 0 Å². The number of fused-ring (bicyclic) bond motifs is 1. The number of aromatic nitrogens is 1. The fraction of sp³-hybridized carbons (Fsp3) is 0.300. The third kappa shape index (κ3) is 3.03. The third-order valence-electron chi connectivity index (χ3n) is 4.45. The molecule has 0 radical (unpaired) electrons. The predicted molar refractivity (Wildman–Crippen MR) is 97.1 cm³/mol. The van der Waals surface area contributed by atoms with Crippen LogP contribution >= 0.6 is 0 Å². The standard InChI is InChI=1S/C20H20N2O3/c1-13-10-22(11-14(2)24-13)18-8-7-16(21-17(18)12-23)20-9-15-5-3-4-6-19(15)25-20/h3-9,12-14H,10-11H2,1-2H3. The molecule has 1 saturated heterocycles. The average molecular weight is 336 g/mol. The summed E-state index contributed by atoms with van der Waals surface area (Å²) in [5, 5.41) is 1.02. The molecule has 0 bridgehead atoms. The molecule has 2 unspecified atom stereocenters. The number of anilines is 1. The Morgan fingerprint density at radius 2 is 1.88 bits per heavy atom. The number of hydrogen-bond donors (Lipinski definition) is 0. The summed E-state index contributed by atoms with van der Waals surface area (Å²) in [6.07, 6.45) is 1.06. The fourth-order valence-electron chi connectivity index (χ4n) is 3.44. The van der Waals surface area contributed by atoms with Crippen LogP contribution in [0.15, 0.2) is 46.9 Å². The van der Waals surface area contributed by atoms with E-state index in [0.29, 0.717) is 17.1 Å². The Hall–Kier alpha value is -2.66. The molecule has 2 atom stereocenters. The van der Waals surface area contributed by atoms with Gasteiger partial charge in [0.2, 0.25) is 0 Å². The number of aldehydes is 1. The van der Waals surface area contributed by atoms with Crippen LogP contribution < -0.4 is 4.90 Å². The molecular formula is C20H20N2O3. The van der Waals surface area contributed by atoms with Gasteiger partial charge in [-0.15, -0.1) is 0 Å². The Morgan fingerprint density at radius 3 is 2.60 bits per heavy atom. The van der Waals surface area contributed by atoms with Crippen LogP contribution in [0.2, 0.25) is 0 Å². The molecule has 1 aromatic carbocycles. The molecule has 2 aromatic heterocycles. The summed E-state index contributed by atoms with van der Waals surface area (Å²) >= 11 is 0. The first-order valence-electron chi connectivity index (χ1n) is 8.49. The van der Waals surface area contributed by atoms with Crippen molar-refractivity contribution in [1.29, 1.82) is 0 Å². The highest BCUT2D eigenvalue weighted by Crippen LogP contribution is 2.29. The zero-order valence-corrected chi connectivity index (χ0v) is 14.3. The first kappa shape index (κ1) is 15.8. The summed E-state index contributed by atoms with van der Waals surface area (Å²) in [7, 11) is 0. The van der Waals surface area contributed by atoms with Gasteiger partial charge in [0.15, 0.2) is 12.0 Å². The highest BCUT2D eigenvalue weighted by Gasteiger charge is 2.24. The maximum Gasteiger partial charge on any atom is 0.170 e. The lowest BCUT2D eigenvalue weighted by atomic mass is 10.1. The number of pyridine rings is 1. The summed E-state index contributed by atoms with van der Waals surface area (Å²) in [6.45, 7) is 5.58. The lowest BCUT2D eigenvalue weighted by Crippen LogP contribution is -2.45. The molecule has 0 saturated carbocycles. The number of para-hydroxylation sites is 1. The fourth-order valence-corrected chi connectivity index (χ4v) is 3.44. The van der Waals surface area contributed by atoms with E-state index in [9.17, 15) is 4.79 Å². The zero-order valence-electron chi connectivity index (χ0n) is 14.3. The number of furan rings is 1. The van der Waals surface area contributed by atoms with E-state index >= 15 is 0 Å². The highest BCUT2D eigenvalue weighted by atomic mass is 16.5. The normalized spacial score (nSPS) is 20.8. The number of carbonyl (C=O) groups excluding carboxylic acids is 1. The number of benzene rings is 1. The summed E-state index contributed by atoms with van der Waals surface area (Å²) in [4.78, 5) is 18.3. The minimum absolute atomic E-state index is 0.123. The van der Waals surface area contributed by atoms with E-state index in [1.807, 2.05) is 56.3 Å². The summed E-state index contributed by atoms with van der Waals surface area (Å²) in [6, 6.07) is 13.6. The van der Waals surface area contributed by atoms with Crippen LogP contribution in [0.1, 0.15) is 24.3 Å². The van der Waals surface area contributed by atoms with E-state index < -0.39 is 0 Å². The lowest BCUT2D eigenvalue weighted by molar-refractivity contribution is -0.00527. The van der Waals surface area contributed by atoms with Crippen LogP contribution in [-0.4, -0.2) is 36.6 Å². The number of carbonyl (C=O) groups is 1. The van der Waals surface area contributed by atoms with Crippen molar-refractivity contribution in [2.45, 2.75) is 26.1 Å². The molecule has 4 rings (SSSR count). The van der Waals surface area contributed by atoms with Crippen molar-refractivity contribution in [2.75, 3.05) is 18.0 Å². The SMILES string of the molecule is CC1CN(c2ccc(-c3cc4ccccc4o3)nc2C=O)CC(C)O1. The topological polar surface area (TPSA) is 55.6 Å². The summed E-state index contributed by atoms with van der Waals surface area (Å²) in [5.41, 5.74) is 2.75. The number of rotatable bonds is 3. The number of ether oxygens (including phenoxy) is 1. The molecule has 1 aliphatic rings. The first-order valence-corrected chi connectivity index (χ1v) is 8.49. The van der Waals surface area contributed by atoms with Gasteiger partial charge in [-0.05, 0) is 38.1 Å². The molecule has 3 heterocycles. The monoisotopic (exact) mass is 336 g/mol. The number of nitrogens with zero attached hydrogens (tertiary/aromatic N) is 2. The van der Waals surface area contributed by atoms with Gasteiger partial charge < -0.3 is 14.1 Å². The van der Waals surface area contributed by atoms with Crippen LogP contribution in [0.5, 0.6) is 0 Å². The lowest BCUT2D eigenvalue weighted by Gasteiger charge is -2.37. The molecule has 1 aliphatic heterocycles. The Kier molecular flexibility index (Phi) is 4.01. The van der Waals surface area contributed by atoms with Gasteiger partial charge in [0.1, 0.15) is 17.0 Å². The Bertz CT molecular complexity index is 875. The van der Waals surface area contributed by atoms with Crippen LogP contribution in [0, 0.1) is 0 Å². The van der Waals surface area contributed by atoms with E-state index in [-0.39, 0.29) is 12.2 Å². The van der Waals surface area contributed by atoms with Crippen molar-refractivity contribution in [3.8, 4) is 11.5 Å². The molecule has 5 heteroatoms. The maximum atomic E-state index is 11.6. The van der Waals surface area contributed by atoms with Gasteiger partial charge in [0, 0.05) is 18.5 Å². The minimum atomic E-state index is 0.123. The second kappa shape index (κ2) is 6.33. The third-order valence-corrected chi connectivity index (χ3v) is 4.45. The molecule has 3 aromatic rings. The van der Waals surface area contributed by atoms with Crippen molar-refractivity contribution in [2.24, 2.45) is 0 Å². The van der Waals surface area contributed by atoms with Crippen molar-refractivity contribution in [3.05, 3.63) is 48.2 Å². The summed E-state index contributed by atoms with van der Waals surface area (Å²) < 4.78 is 11.6. The predicted octanol–water partition coefficient (Wildman–Crippen LogP) is 3.92. The number of morpholine rings is 1. The van der Waals surface area contributed by atoms with E-state index in [0.717, 1.165) is 36.0 Å². The highest BCUT2D eigenvalue weighted by molar-refractivity contribution is 5.85. The molecule has 0 spiro atoms. The Labute approximate surface area is 146 Å². The van der Waals surface area contributed by atoms with Crippen molar-refractivity contribution >= 4 is 22.9 Å². The molecule has 0 aliphatic carbocycles. The molecular weight excluding hydrogens is 316 g/mol. The Balaban J connectivity index is 1.71. The van der Waals surface area contributed by atoms with E-state index in [2.05, 4.69) is 9.88 Å². The van der Waals surface area contributed by atoms with Gasteiger partial charge in [0.05, 0.1) is 17.9 Å². The van der Waals surface area contributed by atoms with Gasteiger partial charge in [-0.3, -0.25) is 4.79 Å². The zero-order chi connectivity index (χ0) is 17.4. The molecule has 0 amide bonds. The van der Waals surface area contributed by atoms with Crippen LogP contribution in [0.25, 0.3) is 22.4 Å². The second-order valence-electron chi connectivity index (χ2n) is 6.53. The molecule has 5 nitrogen and oxygen atoms in total. The van der Waals surface area contributed by atoms with Gasteiger partial charge in [-0.2, -0.15) is 0 Å². The Morgan fingerprint density at radius 1 is 1.12 bits per heavy atom. The van der Waals surface area contributed by atoms with Gasteiger partial charge in [0.25, 0.3) is 0 Å². The van der Waals surface area contributed by atoms with Crippen LogP contribution in [-0.2, 0) is 4.74 Å². The summed E-state index contributed by atoms with van der Waals surface area (Å²) in [5.74, 6) is 0.666. The molecule has 128 valence electrons. The molecule has 0 N–H and O–H groups in total. The van der Waals surface area contributed by atoms with E-state index in [4.69, 9.17) is 9.15 Å². The van der Waals surface area contributed by atoms with Gasteiger partial charge in [-0.25, -0.2) is 4.98 Å². The first-order chi connectivity index (χ1) is 12.1. The van der Waals surface area contributed by atoms with E-state index in [1.54, 1.807) is 0 Å². The maximum absolute atomic E-state index is 11.6. The van der Waals surface area contributed by atoms with Gasteiger partial charge in [-0.1, -0.05) is 18.2 Å².